The molecule has 0 amide bonds. The highest BCUT2D eigenvalue weighted by Gasteiger charge is 2.22. The minimum atomic E-state index is 0.472. The molecular weight excluding hydrogens is 428 g/mol. The maximum Gasteiger partial charge on any atom is 0.248 e. The van der Waals surface area contributed by atoms with Gasteiger partial charge >= 0.3 is 0 Å². The van der Waals surface area contributed by atoms with E-state index in [2.05, 4.69) is 52.1 Å². The molecule has 34 heavy (non-hydrogen) atoms. The maximum atomic E-state index is 6.19. The fraction of sp³-hybridized carbons (Fsp3) is 0.519. The highest BCUT2D eigenvalue weighted by Crippen LogP contribution is 2.37. The van der Waals surface area contributed by atoms with Crippen LogP contribution in [0.5, 0.6) is 11.6 Å². The van der Waals surface area contributed by atoms with Crippen molar-refractivity contribution in [2.24, 2.45) is 0 Å². The molecule has 180 valence electrons. The van der Waals surface area contributed by atoms with Crippen LogP contribution < -0.4 is 9.47 Å². The third-order valence-corrected chi connectivity index (χ3v) is 7.06. The van der Waals surface area contributed by atoms with Gasteiger partial charge in [0.1, 0.15) is 12.4 Å². The number of hydrogen-bond donors (Lipinski definition) is 0. The largest absolute Gasteiger partial charge is 0.492 e. The lowest BCUT2D eigenvalue weighted by atomic mass is 10.0. The van der Waals surface area contributed by atoms with Crippen LogP contribution in [-0.4, -0.2) is 53.4 Å². The smallest absolute Gasteiger partial charge is 0.248 e. The van der Waals surface area contributed by atoms with Crippen LogP contribution in [0, 0.1) is 6.92 Å². The van der Waals surface area contributed by atoms with Crippen LogP contribution in [0.4, 0.5) is 0 Å². The number of pyridine rings is 1. The molecule has 3 heterocycles. The molecule has 1 saturated carbocycles. The number of rotatable bonds is 9. The summed E-state index contributed by atoms with van der Waals surface area (Å²) in [6, 6.07) is 8.13. The topological polar surface area (TPSA) is 73.5 Å². The van der Waals surface area contributed by atoms with Crippen LogP contribution in [0.2, 0.25) is 0 Å². The van der Waals surface area contributed by atoms with E-state index in [1.54, 1.807) is 7.11 Å². The van der Waals surface area contributed by atoms with Crippen molar-refractivity contribution in [2.75, 3.05) is 33.4 Å². The van der Waals surface area contributed by atoms with Crippen molar-refractivity contribution in [3.05, 3.63) is 41.1 Å². The van der Waals surface area contributed by atoms with Gasteiger partial charge < -0.3 is 13.9 Å². The molecule has 1 aliphatic heterocycles. The molecule has 2 aliphatic rings. The van der Waals surface area contributed by atoms with Gasteiger partial charge in [0.2, 0.25) is 17.7 Å². The van der Waals surface area contributed by atoms with Crippen LogP contribution in [-0.2, 0) is 6.42 Å². The number of aromatic nitrogens is 3. The van der Waals surface area contributed by atoms with Crippen LogP contribution in [0.15, 0.2) is 28.7 Å². The molecule has 0 spiro atoms. The van der Waals surface area contributed by atoms with E-state index in [4.69, 9.17) is 13.9 Å². The van der Waals surface area contributed by atoms with E-state index in [1.165, 1.54) is 45.2 Å². The quantitative estimate of drug-likeness (QED) is 0.420. The van der Waals surface area contributed by atoms with Crippen molar-refractivity contribution in [1.29, 1.82) is 0 Å². The summed E-state index contributed by atoms with van der Waals surface area (Å²) in [5.41, 5.74) is 5.07. The Morgan fingerprint density at radius 3 is 2.38 bits per heavy atom. The molecule has 5 rings (SSSR count). The Kier molecular flexibility index (Phi) is 6.81. The molecule has 0 N–H and O–H groups in total. The van der Waals surface area contributed by atoms with Crippen LogP contribution in [0.25, 0.3) is 22.9 Å². The maximum absolute atomic E-state index is 6.19. The summed E-state index contributed by atoms with van der Waals surface area (Å²) in [6.45, 7) is 8.30. The molecule has 7 nitrogen and oxygen atoms in total. The molecule has 0 unspecified atom stereocenters. The molecule has 0 bridgehead atoms. The summed E-state index contributed by atoms with van der Waals surface area (Å²) >= 11 is 0. The monoisotopic (exact) mass is 462 g/mol. The van der Waals surface area contributed by atoms with Crippen molar-refractivity contribution in [2.45, 2.75) is 58.3 Å². The summed E-state index contributed by atoms with van der Waals surface area (Å²) in [4.78, 5) is 7.10. The van der Waals surface area contributed by atoms with E-state index in [9.17, 15) is 0 Å². The molecule has 0 atom stereocenters. The normalized spacial score (nSPS) is 16.6. The van der Waals surface area contributed by atoms with Crippen LogP contribution in [0.3, 0.4) is 0 Å². The summed E-state index contributed by atoms with van der Waals surface area (Å²) in [6.07, 6.45) is 7.01. The summed E-state index contributed by atoms with van der Waals surface area (Å²) in [5, 5.41) is 8.73. The van der Waals surface area contributed by atoms with E-state index in [0.29, 0.717) is 30.2 Å². The van der Waals surface area contributed by atoms with Crippen LogP contribution in [0.1, 0.15) is 61.8 Å². The third-order valence-electron chi connectivity index (χ3n) is 7.06. The van der Waals surface area contributed by atoms with Crippen molar-refractivity contribution in [3.8, 4) is 34.5 Å². The summed E-state index contributed by atoms with van der Waals surface area (Å²) < 4.78 is 17.8. The molecule has 2 fully saturated rings. The molecule has 1 aromatic carbocycles. The van der Waals surface area contributed by atoms with Gasteiger partial charge in [0.05, 0.1) is 7.11 Å². The predicted molar refractivity (Wildman–Crippen MR) is 131 cm³/mol. The fourth-order valence-electron chi connectivity index (χ4n) is 4.96. The Bertz CT molecular complexity index is 1130. The zero-order valence-corrected chi connectivity index (χ0v) is 20.5. The fourth-order valence-corrected chi connectivity index (χ4v) is 4.96. The molecule has 1 saturated heterocycles. The average molecular weight is 463 g/mol. The van der Waals surface area contributed by atoms with Gasteiger partial charge in [-0.25, -0.2) is 4.98 Å². The molecular formula is C27H34N4O3. The van der Waals surface area contributed by atoms with Crippen LogP contribution >= 0.6 is 0 Å². The van der Waals surface area contributed by atoms with Gasteiger partial charge in [-0.15, -0.1) is 10.2 Å². The zero-order valence-electron chi connectivity index (χ0n) is 20.5. The first kappa shape index (κ1) is 22.8. The van der Waals surface area contributed by atoms with E-state index in [-0.39, 0.29) is 0 Å². The van der Waals surface area contributed by atoms with E-state index in [1.807, 2.05) is 6.07 Å². The predicted octanol–water partition coefficient (Wildman–Crippen LogP) is 5.42. The molecule has 7 heteroatoms. The Labute approximate surface area is 201 Å². The van der Waals surface area contributed by atoms with Gasteiger partial charge in [-0.2, -0.15) is 0 Å². The van der Waals surface area contributed by atoms with Gasteiger partial charge in [0.25, 0.3) is 0 Å². The standard InChI is InChI=1S/C27H34N4O3/c1-4-19-15-21(14-18(2)25(19)33-13-12-31-10-7-11-31)26-29-30-27(34-26)22-16-23(20-8-5-6-9-20)28-24(17-22)32-3/h14-17,20H,4-13H2,1-3H3. The van der Waals surface area contributed by atoms with Gasteiger partial charge in [0, 0.05) is 35.3 Å². The van der Waals surface area contributed by atoms with E-state index >= 15 is 0 Å². The average Bonchev–Trinajstić information content (AvgIpc) is 3.53. The summed E-state index contributed by atoms with van der Waals surface area (Å²) in [7, 11) is 1.64. The second kappa shape index (κ2) is 10.1. The number of aryl methyl sites for hydroxylation is 2. The van der Waals surface area contributed by atoms with Gasteiger partial charge in [0.15, 0.2) is 0 Å². The number of ether oxygens (including phenoxy) is 2. The lowest BCUT2D eigenvalue weighted by molar-refractivity contribution is 0.146. The lowest BCUT2D eigenvalue weighted by Crippen LogP contribution is -2.39. The number of likely N-dealkylation sites (tertiary alicyclic amines) is 1. The highest BCUT2D eigenvalue weighted by atomic mass is 16.5. The van der Waals surface area contributed by atoms with Gasteiger partial charge in [-0.05, 0) is 75.0 Å². The van der Waals surface area contributed by atoms with Crippen molar-refractivity contribution >= 4 is 0 Å². The molecule has 0 radical (unpaired) electrons. The number of methoxy groups -OCH3 is 1. The first-order valence-electron chi connectivity index (χ1n) is 12.5. The SMILES string of the molecule is CCc1cc(-c2nnc(-c3cc(OC)nc(C4CCCC4)c3)o2)cc(C)c1OCCN1CCC1. The molecule has 3 aromatic rings. The Morgan fingerprint density at radius 1 is 1.00 bits per heavy atom. The van der Waals surface area contributed by atoms with E-state index < -0.39 is 0 Å². The minimum Gasteiger partial charge on any atom is -0.492 e. The number of benzene rings is 1. The summed E-state index contributed by atoms with van der Waals surface area (Å²) in [5.74, 6) is 3.04. The molecule has 2 aromatic heterocycles. The lowest BCUT2D eigenvalue weighted by Gasteiger charge is -2.30. The molecule has 1 aliphatic carbocycles. The second-order valence-corrected chi connectivity index (χ2v) is 9.40. The Balaban J connectivity index is 1.38. The first-order valence-corrected chi connectivity index (χ1v) is 12.5. The van der Waals surface area contributed by atoms with Crippen molar-refractivity contribution in [1.82, 2.24) is 20.1 Å². The zero-order chi connectivity index (χ0) is 23.5. The van der Waals surface area contributed by atoms with Crippen molar-refractivity contribution in [3.63, 3.8) is 0 Å². The van der Waals surface area contributed by atoms with Gasteiger partial charge in [-0.1, -0.05) is 19.8 Å². The number of nitrogens with zero attached hydrogens (tertiary/aromatic N) is 4. The van der Waals surface area contributed by atoms with Gasteiger partial charge in [-0.3, -0.25) is 4.90 Å². The second-order valence-electron chi connectivity index (χ2n) is 9.40. The Hall–Kier alpha value is -2.93. The Morgan fingerprint density at radius 2 is 1.74 bits per heavy atom. The van der Waals surface area contributed by atoms with Crippen molar-refractivity contribution < 1.29 is 13.9 Å². The third kappa shape index (κ3) is 4.80. The first-order chi connectivity index (χ1) is 16.6. The van der Waals surface area contributed by atoms with E-state index in [0.717, 1.165) is 46.7 Å². The number of hydrogen-bond acceptors (Lipinski definition) is 7. The minimum absolute atomic E-state index is 0.472. The highest BCUT2D eigenvalue weighted by molar-refractivity contribution is 5.63.